The summed E-state index contributed by atoms with van der Waals surface area (Å²) >= 11 is 6.06. The van der Waals surface area contributed by atoms with Crippen LogP contribution in [0.3, 0.4) is 0 Å². The van der Waals surface area contributed by atoms with Crippen LogP contribution >= 0.6 is 11.6 Å². The van der Waals surface area contributed by atoms with Gasteiger partial charge < -0.3 is 9.84 Å². The third-order valence-electron chi connectivity index (χ3n) is 3.30. The lowest BCUT2D eigenvalue weighted by Crippen LogP contribution is -2.01. The summed E-state index contributed by atoms with van der Waals surface area (Å²) in [7, 11) is 1.60. The molecule has 0 aliphatic rings. The standard InChI is InChI=1S/C16H14ClN3O2/c1-22-15-8-3-2-7-13(15)16-14(10-21)18-19-20(16)12-6-4-5-11(17)9-12/h2-9,21H,10H2,1H3. The zero-order chi connectivity index (χ0) is 15.5. The van der Waals surface area contributed by atoms with Crippen molar-refractivity contribution < 1.29 is 9.84 Å². The molecule has 3 rings (SSSR count). The molecule has 0 fully saturated rings. The first-order chi connectivity index (χ1) is 10.7. The summed E-state index contributed by atoms with van der Waals surface area (Å²) in [6.45, 7) is -0.214. The number of hydrogen-bond acceptors (Lipinski definition) is 4. The van der Waals surface area contributed by atoms with Gasteiger partial charge in [0.2, 0.25) is 0 Å². The number of para-hydroxylation sites is 1. The van der Waals surface area contributed by atoms with Gasteiger partial charge in [0, 0.05) is 10.6 Å². The first kappa shape index (κ1) is 14.6. The molecule has 0 bridgehead atoms. The van der Waals surface area contributed by atoms with E-state index in [1.54, 1.807) is 23.9 Å². The van der Waals surface area contributed by atoms with Crippen molar-refractivity contribution >= 4 is 11.6 Å². The van der Waals surface area contributed by atoms with Gasteiger partial charge in [-0.3, -0.25) is 0 Å². The normalized spacial score (nSPS) is 10.7. The maximum atomic E-state index is 9.58. The quantitative estimate of drug-likeness (QED) is 0.803. The SMILES string of the molecule is COc1ccccc1-c1c(CO)nnn1-c1cccc(Cl)c1. The Morgan fingerprint density at radius 2 is 2.00 bits per heavy atom. The van der Waals surface area contributed by atoms with Gasteiger partial charge in [0.1, 0.15) is 17.1 Å². The van der Waals surface area contributed by atoms with Crippen molar-refractivity contribution in [2.75, 3.05) is 7.11 Å². The largest absolute Gasteiger partial charge is 0.496 e. The van der Waals surface area contributed by atoms with Gasteiger partial charge in [0.05, 0.1) is 19.4 Å². The third-order valence-corrected chi connectivity index (χ3v) is 3.54. The molecule has 0 radical (unpaired) electrons. The van der Waals surface area contributed by atoms with Crippen molar-refractivity contribution in [3.63, 3.8) is 0 Å². The Kier molecular flexibility index (Phi) is 4.09. The molecule has 0 saturated carbocycles. The van der Waals surface area contributed by atoms with E-state index in [2.05, 4.69) is 10.3 Å². The summed E-state index contributed by atoms with van der Waals surface area (Å²) < 4.78 is 7.05. The Balaban J connectivity index is 2.24. The molecule has 0 aliphatic heterocycles. The van der Waals surface area contributed by atoms with Crippen LogP contribution in [-0.4, -0.2) is 27.2 Å². The fraction of sp³-hybridized carbons (Fsp3) is 0.125. The Hall–Kier alpha value is -2.37. The molecule has 0 atom stereocenters. The van der Waals surface area contributed by atoms with Crippen molar-refractivity contribution in [1.29, 1.82) is 0 Å². The topological polar surface area (TPSA) is 60.2 Å². The van der Waals surface area contributed by atoms with Crippen LogP contribution in [0.2, 0.25) is 5.02 Å². The van der Waals surface area contributed by atoms with Crippen molar-refractivity contribution in [2.45, 2.75) is 6.61 Å². The number of methoxy groups -OCH3 is 1. The van der Waals surface area contributed by atoms with E-state index in [9.17, 15) is 5.11 Å². The van der Waals surface area contributed by atoms with Crippen LogP contribution in [0.4, 0.5) is 0 Å². The van der Waals surface area contributed by atoms with Crippen molar-refractivity contribution in [2.24, 2.45) is 0 Å². The lowest BCUT2D eigenvalue weighted by Gasteiger charge is -2.11. The van der Waals surface area contributed by atoms with Gasteiger partial charge in [0.25, 0.3) is 0 Å². The second kappa shape index (κ2) is 6.17. The van der Waals surface area contributed by atoms with E-state index in [0.29, 0.717) is 22.2 Å². The van der Waals surface area contributed by atoms with E-state index < -0.39 is 0 Å². The second-order valence-corrected chi connectivity index (χ2v) is 5.07. The number of ether oxygens (including phenoxy) is 1. The molecular formula is C16H14ClN3O2. The predicted octanol–water partition coefficient (Wildman–Crippen LogP) is 3.09. The van der Waals surface area contributed by atoms with Crippen molar-refractivity contribution in [3.8, 4) is 22.7 Å². The van der Waals surface area contributed by atoms with Gasteiger partial charge in [-0.25, -0.2) is 4.68 Å². The van der Waals surface area contributed by atoms with Gasteiger partial charge in [-0.05, 0) is 30.3 Å². The highest BCUT2D eigenvalue weighted by Gasteiger charge is 2.18. The zero-order valence-electron chi connectivity index (χ0n) is 11.9. The Labute approximate surface area is 132 Å². The number of aromatic nitrogens is 3. The number of halogens is 1. The molecule has 0 unspecified atom stereocenters. The Bertz CT molecular complexity index is 802. The molecule has 3 aromatic rings. The van der Waals surface area contributed by atoms with Crippen LogP contribution < -0.4 is 4.74 Å². The summed E-state index contributed by atoms with van der Waals surface area (Å²) in [5.41, 5.74) is 2.73. The lowest BCUT2D eigenvalue weighted by atomic mass is 10.1. The molecule has 0 saturated heterocycles. The van der Waals surface area contributed by atoms with E-state index in [4.69, 9.17) is 16.3 Å². The van der Waals surface area contributed by atoms with Gasteiger partial charge in [-0.15, -0.1) is 5.10 Å². The molecular weight excluding hydrogens is 302 g/mol. The van der Waals surface area contributed by atoms with Gasteiger partial charge in [-0.1, -0.05) is 35.0 Å². The van der Waals surface area contributed by atoms with Crippen LogP contribution in [0.15, 0.2) is 48.5 Å². The molecule has 0 spiro atoms. The third kappa shape index (κ3) is 2.56. The molecule has 5 nitrogen and oxygen atoms in total. The van der Waals surface area contributed by atoms with Crippen LogP contribution in [0.5, 0.6) is 5.75 Å². The predicted molar refractivity (Wildman–Crippen MR) is 84.3 cm³/mol. The average Bonchev–Trinajstić information content (AvgIpc) is 2.98. The molecule has 1 heterocycles. The lowest BCUT2D eigenvalue weighted by molar-refractivity contribution is 0.277. The summed E-state index contributed by atoms with van der Waals surface area (Å²) in [5, 5.41) is 18.4. The number of benzene rings is 2. The van der Waals surface area contributed by atoms with Gasteiger partial charge >= 0.3 is 0 Å². The first-order valence-electron chi connectivity index (χ1n) is 6.69. The molecule has 0 amide bonds. The van der Waals surface area contributed by atoms with Crippen molar-refractivity contribution in [3.05, 3.63) is 59.2 Å². The Morgan fingerprint density at radius 1 is 1.18 bits per heavy atom. The van der Waals surface area contributed by atoms with E-state index in [-0.39, 0.29) is 6.61 Å². The van der Waals surface area contributed by atoms with E-state index in [1.165, 1.54) is 0 Å². The summed E-state index contributed by atoms with van der Waals surface area (Å²) in [6, 6.07) is 14.8. The highest BCUT2D eigenvalue weighted by atomic mass is 35.5. The van der Waals surface area contributed by atoms with Crippen LogP contribution in [-0.2, 0) is 6.61 Å². The second-order valence-electron chi connectivity index (χ2n) is 4.63. The highest BCUT2D eigenvalue weighted by molar-refractivity contribution is 6.30. The van der Waals surface area contributed by atoms with E-state index in [0.717, 1.165) is 11.3 Å². The van der Waals surface area contributed by atoms with Gasteiger partial charge in [-0.2, -0.15) is 0 Å². The Morgan fingerprint density at radius 3 is 2.73 bits per heavy atom. The molecule has 6 heteroatoms. The molecule has 22 heavy (non-hydrogen) atoms. The minimum Gasteiger partial charge on any atom is -0.496 e. The minimum atomic E-state index is -0.214. The monoisotopic (exact) mass is 315 g/mol. The van der Waals surface area contributed by atoms with E-state index in [1.807, 2.05) is 36.4 Å². The number of aliphatic hydroxyl groups excluding tert-OH is 1. The molecule has 2 aromatic carbocycles. The van der Waals surface area contributed by atoms with Crippen LogP contribution in [0.1, 0.15) is 5.69 Å². The fourth-order valence-electron chi connectivity index (χ4n) is 2.32. The maximum Gasteiger partial charge on any atom is 0.128 e. The number of nitrogens with zero attached hydrogens (tertiary/aromatic N) is 3. The molecule has 1 aromatic heterocycles. The number of rotatable bonds is 4. The average molecular weight is 316 g/mol. The zero-order valence-corrected chi connectivity index (χ0v) is 12.7. The first-order valence-corrected chi connectivity index (χ1v) is 7.07. The smallest absolute Gasteiger partial charge is 0.128 e. The summed E-state index contributed by atoms with van der Waals surface area (Å²) in [6.07, 6.45) is 0. The molecule has 112 valence electrons. The van der Waals surface area contributed by atoms with Crippen LogP contribution in [0, 0.1) is 0 Å². The summed E-state index contributed by atoms with van der Waals surface area (Å²) in [4.78, 5) is 0. The number of aliphatic hydroxyl groups is 1. The number of hydrogen-bond donors (Lipinski definition) is 1. The maximum absolute atomic E-state index is 9.58. The minimum absolute atomic E-state index is 0.214. The molecule has 0 aliphatic carbocycles. The van der Waals surface area contributed by atoms with Gasteiger partial charge in [0.15, 0.2) is 0 Å². The van der Waals surface area contributed by atoms with Crippen LogP contribution in [0.25, 0.3) is 16.9 Å². The van der Waals surface area contributed by atoms with E-state index >= 15 is 0 Å². The molecule has 1 N–H and O–H groups in total. The van der Waals surface area contributed by atoms with Crippen molar-refractivity contribution in [1.82, 2.24) is 15.0 Å². The highest BCUT2D eigenvalue weighted by Crippen LogP contribution is 2.33. The fourth-order valence-corrected chi connectivity index (χ4v) is 2.50. The summed E-state index contributed by atoms with van der Waals surface area (Å²) in [5.74, 6) is 0.683.